The molecule has 7 nitrogen and oxygen atoms in total. The minimum atomic E-state index is -4.11. The fraction of sp³-hybridized carbons (Fsp3) is 0.269. The fourth-order valence-corrected chi connectivity index (χ4v) is 5.39. The standard InChI is InChI=1S/C26H29FN2O5S2/c1-33-24-14-9-19(16-25(24)34-2)6-5-15-28-26(30)18-29(21-8-4-7-20(27)17-21)36(31,32)23-12-10-22(35-3)11-13-23/h4,7-14,16-17H,5-6,15,18H2,1-3H3,(H,28,30). The number of anilines is 1. The molecule has 1 amide bonds. The number of benzene rings is 3. The Bertz CT molecular complexity index is 1280. The van der Waals surface area contributed by atoms with E-state index in [2.05, 4.69) is 5.32 Å². The van der Waals surface area contributed by atoms with Crippen molar-refractivity contribution in [3.05, 3.63) is 78.1 Å². The van der Waals surface area contributed by atoms with Gasteiger partial charge in [-0.1, -0.05) is 12.1 Å². The monoisotopic (exact) mass is 532 g/mol. The van der Waals surface area contributed by atoms with E-state index in [1.807, 2.05) is 24.5 Å². The van der Waals surface area contributed by atoms with E-state index >= 15 is 0 Å². The molecule has 10 heteroatoms. The van der Waals surface area contributed by atoms with Gasteiger partial charge in [-0.25, -0.2) is 12.8 Å². The van der Waals surface area contributed by atoms with Crippen molar-refractivity contribution in [2.24, 2.45) is 0 Å². The molecule has 0 fully saturated rings. The van der Waals surface area contributed by atoms with Gasteiger partial charge in [0.2, 0.25) is 5.91 Å². The van der Waals surface area contributed by atoms with E-state index in [0.717, 1.165) is 20.8 Å². The van der Waals surface area contributed by atoms with Crippen LogP contribution in [-0.4, -0.2) is 47.9 Å². The lowest BCUT2D eigenvalue weighted by Crippen LogP contribution is -2.41. The van der Waals surface area contributed by atoms with Crippen LogP contribution in [0.2, 0.25) is 0 Å². The van der Waals surface area contributed by atoms with Crippen molar-refractivity contribution >= 4 is 33.4 Å². The number of amides is 1. The number of hydrogen-bond donors (Lipinski definition) is 1. The van der Waals surface area contributed by atoms with Crippen molar-refractivity contribution in [1.29, 1.82) is 0 Å². The minimum Gasteiger partial charge on any atom is -0.493 e. The molecule has 0 saturated carbocycles. The van der Waals surface area contributed by atoms with Gasteiger partial charge in [0.1, 0.15) is 12.4 Å². The average molecular weight is 533 g/mol. The summed E-state index contributed by atoms with van der Waals surface area (Å²) in [6.07, 6.45) is 3.19. The van der Waals surface area contributed by atoms with Crippen LogP contribution in [0.1, 0.15) is 12.0 Å². The first-order chi connectivity index (χ1) is 17.3. The van der Waals surface area contributed by atoms with E-state index in [1.165, 1.54) is 42.1 Å². The molecule has 0 aromatic heterocycles. The highest BCUT2D eigenvalue weighted by atomic mass is 32.2. The van der Waals surface area contributed by atoms with Gasteiger partial charge in [0.15, 0.2) is 11.5 Å². The SMILES string of the molecule is COc1ccc(CCCNC(=O)CN(c2cccc(F)c2)S(=O)(=O)c2ccc(SC)cc2)cc1OC. The average Bonchev–Trinajstić information content (AvgIpc) is 2.89. The summed E-state index contributed by atoms with van der Waals surface area (Å²) in [4.78, 5) is 13.7. The largest absolute Gasteiger partial charge is 0.493 e. The van der Waals surface area contributed by atoms with Crippen LogP contribution in [0.15, 0.2) is 76.5 Å². The summed E-state index contributed by atoms with van der Waals surface area (Å²) in [6.45, 7) is -0.140. The molecule has 0 atom stereocenters. The van der Waals surface area contributed by atoms with Crippen LogP contribution in [0.5, 0.6) is 11.5 Å². The third-order valence-electron chi connectivity index (χ3n) is 5.44. The molecule has 0 aliphatic heterocycles. The Labute approximate surface area is 215 Å². The second-order valence-corrected chi connectivity index (χ2v) is 10.6. The maximum absolute atomic E-state index is 13.9. The van der Waals surface area contributed by atoms with Crippen LogP contribution < -0.4 is 19.1 Å². The van der Waals surface area contributed by atoms with E-state index in [9.17, 15) is 17.6 Å². The summed E-state index contributed by atoms with van der Waals surface area (Å²) in [5.74, 6) is 0.175. The summed E-state index contributed by atoms with van der Waals surface area (Å²) < 4.78 is 52.2. The zero-order chi connectivity index (χ0) is 26.1. The molecule has 36 heavy (non-hydrogen) atoms. The zero-order valence-electron chi connectivity index (χ0n) is 20.4. The van der Waals surface area contributed by atoms with Crippen LogP contribution in [-0.2, 0) is 21.2 Å². The van der Waals surface area contributed by atoms with Gasteiger partial charge in [0.25, 0.3) is 10.0 Å². The molecule has 0 bridgehead atoms. The Hall–Kier alpha value is -3.24. The molecule has 1 N–H and O–H groups in total. The second-order valence-electron chi connectivity index (χ2n) is 7.81. The Morgan fingerprint density at radius 3 is 2.36 bits per heavy atom. The topological polar surface area (TPSA) is 84.9 Å². The maximum Gasteiger partial charge on any atom is 0.264 e. The van der Waals surface area contributed by atoms with Crippen molar-refractivity contribution in [1.82, 2.24) is 5.32 Å². The van der Waals surface area contributed by atoms with Gasteiger partial charge >= 0.3 is 0 Å². The van der Waals surface area contributed by atoms with E-state index < -0.39 is 28.3 Å². The predicted molar refractivity (Wildman–Crippen MR) is 140 cm³/mol. The molecule has 192 valence electrons. The molecule has 3 aromatic carbocycles. The Balaban J connectivity index is 1.69. The predicted octanol–water partition coefficient (Wildman–Crippen LogP) is 4.51. The van der Waals surface area contributed by atoms with E-state index in [-0.39, 0.29) is 10.6 Å². The summed E-state index contributed by atoms with van der Waals surface area (Å²) in [7, 11) is -0.972. The Morgan fingerprint density at radius 2 is 1.72 bits per heavy atom. The molecule has 0 aliphatic rings. The molecule has 0 heterocycles. The number of ether oxygens (including phenoxy) is 2. The van der Waals surface area contributed by atoms with E-state index in [1.54, 1.807) is 26.4 Å². The first-order valence-electron chi connectivity index (χ1n) is 11.2. The number of rotatable bonds is 12. The van der Waals surface area contributed by atoms with Gasteiger partial charge < -0.3 is 14.8 Å². The van der Waals surface area contributed by atoms with Gasteiger partial charge in [-0.3, -0.25) is 9.10 Å². The molecule has 0 saturated heterocycles. The first-order valence-corrected chi connectivity index (χ1v) is 13.8. The highest BCUT2D eigenvalue weighted by Crippen LogP contribution is 2.28. The lowest BCUT2D eigenvalue weighted by Gasteiger charge is -2.24. The van der Waals surface area contributed by atoms with Gasteiger partial charge in [-0.15, -0.1) is 11.8 Å². The fourth-order valence-electron chi connectivity index (χ4n) is 3.56. The molecule has 3 aromatic rings. The number of halogens is 1. The molecule has 0 unspecified atom stereocenters. The van der Waals surface area contributed by atoms with Crippen LogP contribution in [0.25, 0.3) is 0 Å². The van der Waals surface area contributed by atoms with Crippen molar-refractivity contribution in [3.63, 3.8) is 0 Å². The van der Waals surface area contributed by atoms with E-state index in [0.29, 0.717) is 30.9 Å². The normalized spacial score (nSPS) is 11.1. The molecule has 0 radical (unpaired) electrons. The molecule has 3 rings (SSSR count). The number of carbonyl (C=O) groups is 1. The number of carbonyl (C=O) groups excluding carboxylic acids is 1. The van der Waals surface area contributed by atoms with Crippen molar-refractivity contribution in [2.75, 3.05) is 37.9 Å². The molecular weight excluding hydrogens is 503 g/mol. The Kier molecular flexibility index (Phi) is 9.60. The summed E-state index contributed by atoms with van der Waals surface area (Å²) in [6, 6.07) is 17.1. The lowest BCUT2D eigenvalue weighted by molar-refractivity contribution is -0.119. The summed E-state index contributed by atoms with van der Waals surface area (Å²) >= 11 is 1.48. The summed E-state index contributed by atoms with van der Waals surface area (Å²) in [5.41, 5.74) is 1.09. The van der Waals surface area contributed by atoms with Gasteiger partial charge in [-0.2, -0.15) is 0 Å². The quantitative estimate of drug-likeness (QED) is 0.273. The zero-order valence-corrected chi connectivity index (χ0v) is 22.0. The third kappa shape index (κ3) is 6.92. The smallest absolute Gasteiger partial charge is 0.264 e. The number of methoxy groups -OCH3 is 2. The molecular formula is C26H29FN2O5S2. The Morgan fingerprint density at radius 1 is 1.00 bits per heavy atom. The van der Waals surface area contributed by atoms with Crippen molar-refractivity contribution in [2.45, 2.75) is 22.6 Å². The van der Waals surface area contributed by atoms with Crippen LogP contribution in [0.3, 0.4) is 0 Å². The van der Waals surface area contributed by atoms with Crippen LogP contribution in [0, 0.1) is 5.82 Å². The van der Waals surface area contributed by atoms with Crippen LogP contribution in [0.4, 0.5) is 10.1 Å². The molecule has 0 aliphatic carbocycles. The highest BCUT2D eigenvalue weighted by molar-refractivity contribution is 7.98. The number of sulfonamides is 1. The number of thioether (sulfide) groups is 1. The van der Waals surface area contributed by atoms with Gasteiger partial charge in [0, 0.05) is 11.4 Å². The number of aryl methyl sites for hydroxylation is 1. The third-order valence-corrected chi connectivity index (χ3v) is 7.97. The first kappa shape index (κ1) is 27.3. The van der Waals surface area contributed by atoms with Crippen LogP contribution >= 0.6 is 11.8 Å². The number of nitrogens with zero attached hydrogens (tertiary/aromatic N) is 1. The number of hydrogen-bond acceptors (Lipinski definition) is 6. The second kappa shape index (κ2) is 12.6. The highest BCUT2D eigenvalue weighted by Gasteiger charge is 2.27. The van der Waals surface area contributed by atoms with Crippen molar-refractivity contribution < 1.29 is 27.1 Å². The minimum absolute atomic E-state index is 0.0193. The molecule has 0 spiro atoms. The summed E-state index contributed by atoms with van der Waals surface area (Å²) in [5, 5.41) is 2.76. The maximum atomic E-state index is 13.9. The van der Waals surface area contributed by atoms with Gasteiger partial charge in [0.05, 0.1) is 24.8 Å². The van der Waals surface area contributed by atoms with Crippen molar-refractivity contribution in [3.8, 4) is 11.5 Å². The van der Waals surface area contributed by atoms with Gasteiger partial charge in [-0.05, 0) is 79.3 Å². The van der Waals surface area contributed by atoms with E-state index in [4.69, 9.17) is 9.47 Å². The lowest BCUT2D eigenvalue weighted by atomic mass is 10.1. The number of nitrogens with one attached hydrogen (secondary N) is 1.